The van der Waals surface area contributed by atoms with E-state index in [9.17, 15) is 0 Å². The lowest BCUT2D eigenvalue weighted by Crippen LogP contribution is -2.06. The second kappa shape index (κ2) is 6.07. The molecule has 0 aliphatic rings. The van der Waals surface area contributed by atoms with E-state index in [1.165, 1.54) is 42.5 Å². The summed E-state index contributed by atoms with van der Waals surface area (Å²) in [7, 11) is 0. The maximum atomic E-state index is 6.79. The van der Waals surface area contributed by atoms with Gasteiger partial charge in [-0.05, 0) is 108 Å². The second-order valence-electron chi connectivity index (χ2n) is 5.45. The smallest absolute Gasteiger partial charge is 0.0840 e. The van der Waals surface area contributed by atoms with Gasteiger partial charge < -0.3 is 0 Å². The molecule has 1 unspecified atom stereocenters. The van der Waals surface area contributed by atoms with Crippen molar-refractivity contribution < 1.29 is 0 Å². The fourth-order valence-corrected chi connectivity index (χ4v) is 3.54. The standard InChI is InChI=1S/C18H20ClI/c1-10-11(2)13(4)17(14(5)12(10)3)18(19)15-6-8-16(20)9-7-15/h6-9,18H,1-5H3. The first-order valence-corrected chi connectivity index (χ1v) is 8.32. The average Bonchev–Trinajstić information content (AvgIpc) is 2.44. The number of rotatable bonds is 2. The van der Waals surface area contributed by atoms with Crippen molar-refractivity contribution in [2.24, 2.45) is 0 Å². The number of alkyl halides is 1. The number of halogens is 2. The summed E-state index contributed by atoms with van der Waals surface area (Å²) in [5, 5.41) is -0.0787. The lowest BCUT2D eigenvalue weighted by Gasteiger charge is -2.22. The van der Waals surface area contributed by atoms with E-state index in [2.05, 4.69) is 81.5 Å². The molecule has 0 aliphatic heterocycles. The highest BCUT2D eigenvalue weighted by Crippen LogP contribution is 2.37. The van der Waals surface area contributed by atoms with Crippen LogP contribution < -0.4 is 0 Å². The van der Waals surface area contributed by atoms with Crippen LogP contribution in [0.25, 0.3) is 0 Å². The Balaban J connectivity index is 2.60. The summed E-state index contributed by atoms with van der Waals surface area (Å²) in [6.07, 6.45) is 0. The van der Waals surface area contributed by atoms with Crippen molar-refractivity contribution in [3.05, 3.63) is 66.8 Å². The number of hydrogen-bond acceptors (Lipinski definition) is 0. The monoisotopic (exact) mass is 398 g/mol. The Bertz CT molecular complexity index is 612. The minimum absolute atomic E-state index is 0.0787. The molecule has 0 saturated carbocycles. The third-order valence-electron chi connectivity index (χ3n) is 4.47. The zero-order valence-electron chi connectivity index (χ0n) is 12.6. The quantitative estimate of drug-likeness (QED) is 0.420. The van der Waals surface area contributed by atoms with Crippen LogP contribution in [0.15, 0.2) is 24.3 Å². The van der Waals surface area contributed by atoms with Crippen LogP contribution in [0.4, 0.5) is 0 Å². The van der Waals surface area contributed by atoms with Crippen LogP contribution in [0.1, 0.15) is 44.3 Å². The first-order valence-electron chi connectivity index (χ1n) is 6.81. The summed E-state index contributed by atoms with van der Waals surface area (Å²) in [4.78, 5) is 0. The van der Waals surface area contributed by atoms with E-state index in [1.807, 2.05) is 0 Å². The fraction of sp³-hybridized carbons (Fsp3) is 0.333. The van der Waals surface area contributed by atoms with Gasteiger partial charge in [0.25, 0.3) is 0 Å². The highest BCUT2D eigenvalue weighted by Gasteiger charge is 2.19. The van der Waals surface area contributed by atoms with Crippen molar-refractivity contribution in [3.8, 4) is 0 Å². The topological polar surface area (TPSA) is 0 Å². The van der Waals surface area contributed by atoms with Gasteiger partial charge in [0.15, 0.2) is 0 Å². The fourth-order valence-electron chi connectivity index (χ4n) is 2.71. The van der Waals surface area contributed by atoms with Gasteiger partial charge in [-0.2, -0.15) is 0 Å². The maximum Gasteiger partial charge on any atom is 0.0840 e. The molecule has 0 aliphatic carbocycles. The van der Waals surface area contributed by atoms with E-state index < -0.39 is 0 Å². The summed E-state index contributed by atoms with van der Waals surface area (Å²) >= 11 is 9.11. The Morgan fingerprint density at radius 1 is 0.750 bits per heavy atom. The van der Waals surface area contributed by atoms with E-state index in [0.717, 1.165) is 0 Å². The third-order valence-corrected chi connectivity index (χ3v) is 5.66. The molecule has 1 atom stereocenters. The van der Waals surface area contributed by atoms with Crippen molar-refractivity contribution in [1.82, 2.24) is 0 Å². The average molecular weight is 399 g/mol. The Hall–Kier alpha value is -0.540. The molecule has 2 aromatic carbocycles. The predicted molar refractivity (Wildman–Crippen MR) is 97.0 cm³/mol. The summed E-state index contributed by atoms with van der Waals surface area (Å²) in [5.74, 6) is 0. The van der Waals surface area contributed by atoms with E-state index in [-0.39, 0.29) is 5.38 Å². The molecule has 0 saturated heterocycles. The summed E-state index contributed by atoms with van der Waals surface area (Å²) in [5.41, 5.74) is 9.19. The van der Waals surface area contributed by atoms with Gasteiger partial charge in [-0.25, -0.2) is 0 Å². The molecule has 0 radical (unpaired) electrons. The first kappa shape index (κ1) is 15.8. The third kappa shape index (κ3) is 2.75. The normalized spacial score (nSPS) is 12.6. The van der Waals surface area contributed by atoms with Crippen LogP contribution in [-0.2, 0) is 0 Å². The lowest BCUT2D eigenvalue weighted by atomic mass is 9.86. The predicted octanol–water partition coefficient (Wildman–Crippen LogP) is 6.16. The highest BCUT2D eigenvalue weighted by molar-refractivity contribution is 14.1. The molecule has 0 bridgehead atoms. The minimum atomic E-state index is -0.0787. The van der Waals surface area contributed by atoms with Crippen LogP contribution in [0.3, 0.4) is 0 Å². The zero-order chi connectivity index (χ0) is 15.0. The Morgan fingerprint density at radius 2 is 1.15 bits per heavy atom. The molecule has 2 rings (SSSR count). The van der Waals surface area contributed by atoms with Crippen LogP contribution in [-0.4, -0.2) is 0 Å². The molecular formula is C18H20ClI. The van der Waals surface area contributed by atoms with Crippen molar-refractivity contribution in [2.75, 3.05) is 0 Å². The van der Waals surface area contributed by atoms with Crippen molar-refractivity contribution in [2.45, 2.75) is 40.0 Å². The van der Waals surface area contributed by atoms with Gasteiger partial charge in [-0.3, -0.25) is 0 Å². The van der Waals surface area contributed by atoms with Gasteiger partial charge >= 0.3 is 0 Å². The largest absolute Gasteiger partial charge is 0.113 e. The molecule has 2 aromatic rings. The van der Waals surface area contributed by atoms with Gasteiger partial charge in [0.05, 0.1) is 5.38 Å². The maximum absolute atomic E-state index is 6.79. The van der Waals surface area contributed by atoms with Crippen molar-refractivity contribution >= 4 is 34.2 Å². The Labute approximate surface area is 140 Å². The van der Waals surface area contributed by atoms with E-state index in [0.29, 0.717) is 0 Å². The van der Waals surface area contributed by atoms with Crippen molar-refractivity contribution in [1.29, 1.82) is 0 Å². The van der Waals surface area contributed by atoms with Gasteiger partial charge in [-0.1, -0.05) is 12.1 Å². The van der Waals surface area contributed by atoms with Crippen LogP contribution in [0.5, 0.6) is 0 Å². The van der Waals surface area contributed by atoms with Crippen LogP contribution >= 0.6 is 34.2 Å². The molecule has 0 spiro atoms. The summed E-state index contributed by atoms with van der Waals surface area (Å²) < 4.78 is 1.24. The lowest BCUT2D eigenvalue weighted by molar-refractivity contribution is 1.04. The minimum Gasteiger partial charge on any atom is -0.113 e. The Morgan fingerprint density at radius 3 is 1.60 bits per heavy atom. The highest BCUT2D eigenvalue weighted by atomic mass is 127. The SMILES string of the molecule is Cc1c(C)c(C)c(C(Cl)c2ccc(I)cc2)c(C)c1C. The second-order valence-corrected chi connectivity index (χ2v) is 7.13. The molecule has 0 aromatic heterocycles. The van der Waals surface area contributed by atoms with E-state index in [4.69, 9.17) is 11.6 Å². The molecule has 0 N–H and O–H groups in total. The van der Waals surface area contributed by atoms with E-state index >= 15 is 0 Å². The molecule has 0 fully saturated rings. The molecule has 0 heterocycles. The molecule has 2 heteroatoms. The molecule has 0 amide bonds. The number of hydrogen-bond donors (Lipinski definition) is 0. The first-order chi connectivity index (χ1) is 9.34. The molecule has 0 nitrogen and oxygen atoms in total. The summed E-state index contributed by atoms with van der Waals surface area (Å²) in [6.45, 7) is 11.0. The van der Waals surface area contributed by atoms with Gasteiger partial charge in [-0.15, -0.1) is 11.6 Å². The number of benzene rings is 2. The molecule has 20 heavy (non-hydrogen) atoms. The van der Waals surface area contributed by atoms with E-state index in [1.54, 1.807) is 0 Å². The van der Waals surface area contributed by atoms with Crippen molar-refractivity contribution in [3.63, 3.8) is 0 Å². The molecule has 106 valence electrons. The van der Waals surface area contributed by atoms with Gasteiger partial charge in [0.1, 0.15) is 0 Å². The summed E-state index contributed by atoms with van der Waals surface area (Å²) in [6, 6.07) is 8.49. The zero-order valence-corrected chi connectivity index (χ0v) is 15.6. The van der Waals surface area contributed by atoms with Crippen LogP contribution in [0.2, 0.25) is 0 Å². The van der Waals surface area contributed by atoms with Gasteiger partial charge in [0, 0.05) is 3.57 Å². The molecular weight excluding hydrogens is 379 g/mol. The van der Waals surface area contributed by atoms with Crippen LogP contribution in [0, 0.1) is 38.2 Å². The van der Waals surface area contributed by atoms with Gasteiger partial charge in [0.2, 0.25) is 0 Å². The Kier molecular flexibility index (Phi) is 4.80.